The summed E-state index contributed by atoms with van der Waals surface area (Å²) in [6.07, 6.45) is 3.67. The molecule has 0 aliphatic carbocycles. The van der Waals surface area contributed by atoms with E-state index in [1.54, 1.807) is 24.5 Å². The number of aromatic amines is 1. The van der Waals surface area contributed by atoms with E-state index in [1.807, 2.05) is 73.6 Å². The molecule has 0 radical (unpaired) electrons. The average molecular weight is 440 g/mol. The molecule has 4 aromatic rings. The lowest BCUT2D eigenvalue weighted by molar-refractivity contribution is 0.0936. The van der Waals surface area contributed by atoms with Crippen molar-refractivity contribution in [1.82, 2.24) is 20.3 Å². The number of anilines is 1. The van der Waals surface area contributed by atoms with Crippen LogP contribution in [0.25, 0.3) is 11.4 Å². The number of carbonyl (C=O) groups is 1. The van der Waals surface area contributed by atoms with Gasteiger partial charge in [0.05, 0.1) is 11.7 Å². The van der Waals surface area contributed by atoms with Crippen LogP contribution in [-0.2, 0) is 6.42 Å². The minimum absolute atomic E-state index is 0.190. The molecule has 0 unspecified atom stereocenters. The first-order valence-corrected chi connectivity index (χ1v) is 10.6. The maximum atomic E-state index is 13.1. The lowest BCUT2D eigenvalue weighted by Crippen LogP contribution is -2.30. The first kappa shape index (κ1) is 22.0. The van der Waals surface area contributed by atoms with Gasteiger partial charge >= 0.3 is 0 Å². The lowest BCUT2D eigenvalue weighted by atomic mass is 10.0. The van der Waals surface area contributed by atoms with Gasteiger partial charge in [-0.25, -0.2) is 4.98 Å². The number of amides is 1. The first-order chi connectivity index (χ1) is 16.0. The summed E-state index contributed by atoms with van der Waals surface area (Å²) < 4.78 is 0. The van der Waals surface area contributed by atoms with Gasteiger partial charge in [-0.3, -0.25) is 14.6 Å². The molecule has 166 valence electrons. The summed E-state index contributed by atoms with van der Waals surface area (Å²) in [5.41, 5.74) is 3.48. The normalized spacial score (nSPS) is 11.6. The largest absolute Gasteiger partial charge is 0.378 e. The molecule has 7 nitrogen and oxygen atoms in total. The third-order valence-corrected chi connectivity index (χ3v) is 5.27. The summed E-state index contributed by atoms with van der Waals surface area (Å²) in [5.74, 6) is 0.257. The monoisotopic (exact) mass is 439 g/mol. The van der Waals surface area contributed by atoms with Crippen LogP contribution in [0.1, 0.15) is 27.7 Å². The number of rotatable bonds is 7. The fourth-order valence-electron chi connectivity index (χ4n) is 3.57. The van der Waals surface area contributed by atoms with Gasteiger partial charge < -0.3 is 15.2 Å². The van der Waals surface area contributed by atoms with Gasteiger partial charge in [-0.2, -0.15) is 0 Å². The molecule has 2 aromatic carbocycles. The number of H-pyrrole nitrogens is 1. The number of pyridine rings is 1. The van der Waals surface area contributed by atoms with Crippen LogP contribution in [0.2, 0.25) is 0 Å². The zero-order valence-corrected chi connectivity index (χ0v) is 18.5. The van der Waals surface area contributed by atoms with Crippen LogP contribution < -0.4 is 15.8 Å². The van der Waals surface area contributed by atoms with Crippen molar-refractivity contribution >= 4 is 11.6 Å². The van der Waals surface area contributed by atoms with Gasteiger partial charge in [-0.05, 0) is 35.9 Å². The number of nitrogens with one attached hydrogen (secondary N) is 2. The minimum atomic E-state index is -0.363. The van der Waals surface area contributed by atoms with E-state index in [0.29, 0.717) is 23.5 Å². The predicted octanol–water partition coefficient (Wildman–Crippen LogP) is 3.61. The Morgan fingerprint density at radius 2 is 1.85 bits per heavy atom. The molecule has 2 aromatic heterocycles. The zero-order valence-electron chi connectivity index (χ0n) is 18.5. The lowest BCUT2D eigenvalue weighted by Gasteiger charge is -2.20. The van der Waals surface area contributed by atoms with Gasteiger partial charge in [0.15, 0.2) is 0 Å². The Morgan fingerprint density at radius 1 is 1.03 bits per heavy atom. The Bertz CT molecular complexity index is 1290. The van der Waals surface area contributed by atoms with E-state index in [4.69, 9.17) is 0 Å². The highest BCUT2D eigenvalue weighted by Gasteiger charge is 2.18. The molecule has 7 heteroatoms. The van der Waals surface area contributed by atoms with Crippen molar-refractivity contribution in [3.63, 3.8) is 0 Å². The van der Waals surface area contributed by atoms with Gasteiger partial charge in [0.2, 0.25) is 0 Å². The Labute approximate surface area is 192 Å². The molecule has 33 heavy (non-hydrogen) atoms. The average Bonchev–Trinajstić information content (AvgIpc) is 2.84. The number of hydrogen-bond acceptors (Lipinski definition) is 5. The molecular formula is C26H25N5O2. The van der Waals surface area contributed by atoms with E-state index in [0.717, 1.165) is 16.8 Å². The number of carbonyl (C=O) groups excluding carboxylic acids is 1. The maximum Gasteiger partial charge on any atom is 0.251 e. The summed E-state index contributed by atoms with van der Waals surface area (Å²) in [6.45, 7) is 0. The van der Waals surface area contributed by atoms with Gasteiger partial charge in [-0.15, -0.1) is 0 Å². The number of nitrogens with zero attached hydrogens (tertiary/aromatic N) is 3. The second kappa shape index (κ2) is 9.91. The summed E-state index contributed by atoms with van der Waals surface area (Å²) in [6, 6.07) is 21.9. The Morgan fingerprint density at radius 3 is 2.58 bits per heavy atom. The molecule has 1 amide bonds. The van der Waals surface area contributed by atoms with Crippen molar-refractivity contribution in [3.05, 3.63) is 112 Å². The Balaban J connectivity index is 1.64. The van der Waals surface area contributed by atoms with E-state index >= 15 is 0 Å². The van der Waals surface area contributed by atoms with Crippen LogP contribution in [0.3, 0.4) is 0 Å². The van der Waals surface area contributed by atoms with Crippen molar-refractivity contribution < 1.29 is 4.79 Å². The number of aromatic nitrogens is 3. The minimum Gasteiger partial charge on any atom is -0.378 e. The fraction of sp³-hybridized carbons (Fsp3) is 0.154. The molecular weight excluding hydrogens is 414 g/mol. The molecule has 0 saturated carbocycles. The summed E-state index contributed by atoms with van der Waals surface area (Å²) in [4.78, 5) is 38.9. The third-order valence-electron chi connectivity index (χ3n) is 5.27. The van der Waals surface area contributed by atoms with Crippen LogP contribution >= 0.6 is 0 Å². The summed E-state index contributed by atoms with van der Waals surface area (Å²) in [5, 5.41) is 3.12. The smallest absolute Gasteiger partial charge is 0.251 e. The molecule has 1 atom stereocenters. The fourth-order valence-corrected chi connectivity index (χ4v) is 3.57. The van der Waals surface area contributed by atoms with E-state index in [-0.39, 0.29) is 17.5 Å². The zero-order chi connectivity index (χ0) is 23.2. The molecule has 0 saturated heterocycles. The SMILES string of the molecule is CN(C)c1cccc(C(=O)N[C@@H](Cc2cc(=O)[nH]c(-c3cccnc3)n2)c2ccccc2)c1. The quantitative estimate of drug-likeness (QED) is 0.459. The molecule has 0 bridgehead atoms. The predicted molar refractivity (Wildman–Crippen MR) is 129 cm³/mol. The molecule has 0 aliphatic heterocycles. The van der Waals surface area contributed by atoms with Crippen molar-refractivity contribution in [3.8, 4) is 11.4 Å². The van der Waals surface area contributed by atoms with E-state index in [1.165, 1.54) is 6.07 Å². The van der Waals surface area contributed by atoms with Gasteiger partial charge in [-0.1, -0.05) is 36.4 Å². The standard InChI is InChI=1S/C26H25N5O2/c1-31(2)22-12-6-10-19(14-22)26(33)29-23(18-8-4-3-5-9-18)15-21-16-24(32)30-25(28-21)20-11-7-13-27-17-20/h3-14,16-17,23H,15H2,1-2H3,(H,29,33)(H,28,30,32)/t23-/m0/s1. The molecule has 0 fully saturated rings. The first-order valence-electron chi connectivity index (χ1n) is 10.6. The van der Waals surface area contributed by atoms with Gasteiger partial charge in [0, 0.05) is 55.8 Å². The van der Waals surface area contributed by atoms with Crippen molar-refractivity contribution in [2.24, 2.45) is 0 Å². The van der Waals surface area contributed by atoms with Crippen LogP contribution in [-0.4, -0.2) is 35.0 Å². The summed E-state index contributed by atoms with van der Waals surface area (Å²) >= 11 is 0. The Hall–Kier alpha value is -4.26. The third kappa shape index (κ3) is 5.51. The van der Waals surface area contributed by atoms with Crippen LogP contribution in [0, 0.1) is 0 Å². The summed E-state index contributed by atoms with van der Waals surface area (Å²) in [7, 11) is 3.87. The second-order valence-electron chi connectivity index (χ2n) is 7.91. The van der Waals surface area contributed by atoms with E-state index < -0.39 is 0 Å². The molecule has 0 spiro atoms. The highest BCUT2D eigenvalue weighted by Crippen LogP contribution is 2.20. The number of hydrogen-bond donors (Lipinski definition) is 2. The van der Waals surface area contributed by atoms with Crippen molar-refractivity contribution in [1.29, 1.82) is 0 Å². The molecule has 2 heterocycles. The molecule has 2 N–H and O–H groups in total. The van der Waals surface area contributed by atoms with Crippen LogP contribution in [0.5, 0.6) is 0 Å². The van der Waals surface area contributed by atoms with Crippen molar-refractivity contribution in [2.75, 3.05) is 19.0 Å². The van der Waals surface area contributed by atoms with E-state index in [2.05, 4.69) is 20.3 Å². The second-order valence-corrected chi connectivity index (χ2v) is 7.91. The number of benzene rings is 2. The maximum absolute atomic E-state index is 13.1. The Kier molecular flexibility index (Phi) is 6.59. The highest BCUT2D eigenvalue weighted by atomic mass is 16.1. The van der Waals surface area contributed by atoms with Crippen LogP contribution in [0.4, 0.5) is 5.69 Å². The van der Waals surface area contributed by atoms with Crippen molar-refractivity contribution in [2.45, 2.75) is 12.5 Å². The molecule has 4 rings (SSSR count). The molecule has 0 aliphatic rings. The topological polar surface area (TPSA) is 91.0 Å². The van der Waals surface area contributed by atoms with Crippen LogP contribution in [0.15, 0.2) is 90.0 Å². The van der Waals surface area contributed by atoms with Gasteiger partial charge in [0.1, 0.15) is 5.82 Å². The van der Waals surface area contributed by atoms with E-state index in [9.17, 15) is 9.59 Å². The highest BCUT2D eigenvalue weighted by molar-refractivity contribution is 5.95. The van der Waals surface area contributed by atoms with Gasteiger partial charge in [0.25, 0.3) is 11.5 Å².